The fourth-order valence-electron chi connectivity index (χ4n) is 2.65. The van der Waals surface area contributed by atoms with Crippen LogP contribution in [0.3, 0.4) is 0 Å². The average Bonchev–Trinajstić information content (AvgIpc) is 3.05. The Bertz CT molecular complexity index is 875. The standard InChI is InChI=1S/C21H22N2O2S/c1-3-25-19-11-15(2)9-10-18(19)23-20(24)13-17-14-26-21(22-17)12-16-7-5-4-6-8-16/h4-11,14H,3,12-13H2,1-2H3,(H,23,24). The van der Waals surface area contributed by atoms with E-state index < -0.39 is 0 Å². The highest BCUT2D eigenvalue weighted by Crippen LogP contribution is 2.26. The van der Waals surface area contributed by atoms with Gasteiger partial charge in [0.05, 0.1) is 29.4 Å². The van der Waals surface area contributed by atoms with Gasteiger partial charge in [-0.25, -0.2) is 4.98 Å². The van der Waals surface area contributed by atoms with Gasteiger partial charge in [0.1, 0.15) is 5.75 Å². The van der Waals surface area contributed by atoms with Crippen molar-refractivity contribution in [1.29, 1.82) is 0 Å². The fourth-order valence-corrected chi connectivity index (χ4v) is 3.48. The van der Waals surface area contributed by atoms with Crippen molar-refractivity contribution in [2.45, 2.75) is 26.7 Å². The van der Waals surface area contributed by atoms with Crippen molar-refractivity contribution in [3.63, 3.8) is 0 Å². The van der Waals surface area contributed by atoms with E-state index in [1.165, 1.54) is 5.56 Å². The van der Waals surface area contributed by atoms with Crippen LogP contribution in [-0.4, -0.2) is 17.5 Å². The summed E-state index contributed by atoms with van der Waals surface area (Å²) in [5.74, 6) is 0.607. The summed E-state index contributed by atoms with van der Waals surface area (Å²) in [6.45, 7) is 4.48. The first kappa shape index (κ1) is 18.1. The number of nitrogens with one attached hydrogen (secondary N) is 1. The molecular weight excluding hydrogens is 344 g/mol. The number of hydrogen-bond acceptors (Lipinski definition) is 4. The lowest BCUT2D eigenvalue weighted by molar-refractivity contribution is -0.115. The zero-order chi connectivity index (χ0) is 18.4. The molecule has 134 valence electrons. The number of aromatic nitrogens is 1. The Balaban J connectivity index is 1.62. The first-order valence-electron chi connectivity index (χ1n) is 8.64. The molecule has 0 aliphatic heterocycles. The van der Waals surface area contributed by atoms with Crippen LogP contribution in [0.2, 0.25) is 0 Å². The molecule has 0 aliphatic carbocycles. The third kappa shape index (κ3) is 4.92. The van der Waals surface area contributed by atoms with Crippen LogP contribution in [0, 0.1) is 6.92 Å². The lowest BCUT2D eigenvalue weighted by Crippen LogP contribution is -2.15. The molecule has 3 aromatic rings. The molecule has 0 saturated heterocycles. The van der Waals surface area contributed by atoms with E-state index in [-0.39, 0.29) is 12.3 Å². The summed E-state index contributed by atoms with van der Waals surface area (Å²) in [4.78, 5) is 17.0. The zero-order valence-electron chi connectivity index (χ0n) is 15.0. The topological polar surface area (TPSA) is 51.2 Å². The highest BCUT2D eigenvalue weighted by Gasteiger charge is 2.11. The molecule has 1 aromatic heterocycles. The lowest BCUT2D eigenvalue weighted by atomic mass is 10.2. The highest BCUT2D eigenvalue weighted by atomic mass is 32.1. The summed E-state index contributed by atoms with van der Waals surface area (Å²) in [6, 6.07) is 16.0. The number of anilines is 1. The van der Waals surface area contributed by atoms with Gasteiger partial charge < -0.3 is 10.1 Å². The molecule has 4 nitrogen and oxygen atoms in total. The summed E-state index contributed by atoms with van der Waals surface area (Å²) in [5.41, 5.74) is 3.81. The van der Waals surface area contributed by atoms with Gasteiger partial charge in [-0.05, 0) is 37.1 Å². The molecular formula is C21H22N2O2S. The van der Waals surface area contributed by atoms with Crippen LogP contribution in [-0.2, 0) is 17.6 Å². The van der Waals surface area contributed by atoms with Gasteiger partial charge in [-0.2, -0.15) is 0 Å². The summed E-state index contributed by atoms with van der Waals surface area (Å²) in [7, 11) is 0. The first-order valence-corrected chi connectivity index (χ1v) is 9.52. The molecule has 0 saturated carbocycles. The van der Waals surface area contributed by atoms with Gasteiger partial charge in [-0.3, -0.25) is 4.79 Å². The Morgan fingerprint density at radius 1 is 1.19 bits per heavy atom. The number of rotatable bonds is 7. The molecule has 26 heavy (non-hydrogen) atoms. The fraction of sp³-hybridized carbons (Fsp3) is 0.238. The SMILES string of the molecule is CCOc1cc(C)ccc1NC(=O)Cc1csc(Cc2ccccc2)n1. The lowest BCUT2D eigenvalue weighted by Gasteiger charge is -2.12. The molecule has 3 rings (SSSR count). The van der Waals surface area contributed by atoms with Crippen molar-refractivity contribution in [3.05, 3.63) is 75.7 Å². The van der Waals surface area contributed by atoms with Crippen LogP contribution in [0.5, 0.6) is 5.75 Å². The van der Waals surface area contributed by atoms with E-state index in [0.29, 0.717) is 18.0 Å². The molecule has 1 amide bonds. The molecule has 2 aromatic carbocycles. The molecule has 1 N–H and O–H groups in total. The van der Waals surface area contributed by atoms with Crippen LogP contribution in [0.1, 0.15) is 28.8 Å². The predicted molar refractivity (Wildman–Crippen MR) is 106 cm³/mol. The second-order valence-electron chi connectivity index (χ2n) is 6.05. The van der Waals surface area contributed by atoms with Crippen LogP contribution in [0.4, 0.5) is 5.69 Å². The monoisotopic (exact) mass is 366 g/mol. The van der Waals surface area contributed by atoms with E-state index in [2.05, 4.69) is 22.4 Å². The van der Waals surface area contributed by atoms with E-state index in [0.717, 1.165) is 22.7 Å². The van der Waals surface area contributed by atoms with Gasteiger partial charge in [0.25, 0.3) is 0 Å². The van der Waals surface area contributed by atoms with E-state index in [1.54, 1.807) is 11.3 Å². The quantitative estimate of drug-likeness (QED) is 0.664. The number of aryl methyl sites for hydroxylation is 1. The van der Waals surface area contributed by atoms with Gasteiger partial charge >= 0.3 is 0 Å². The number of carbonyl (C=O) groups excluding carboxylic acids is 1. The number of ether oxygens (including phenoxy) is 1. The van der Waals surface area contributed by atoms with Crippen molar-refractivity contribution in [3.8, 4) is 5.75 Å². The predicted octanol–water partition coefficient (Wildman–Crippen LogP) is 4.62. The number of carbonyl (C=O) groups is 1. The highest BCUT2D eigenvalue weighted by molar-refractivity contribution is 7.09. The van der Waals surface area contributed by atoms with E-state index >= 15 is 0 Å². The molecule has 0 bridgehead atoms. The van der Waals surface area contributed by atoms with Gasteiger partial charge in [-0.15, -0.1) is 11.3 Å². The van der Waals surface area contributed by atoms with Gasteiger partial charge in [-0.1, -0.05) is 36.4 Å². The smallest absolute Gasteiger partial charge is 0.230 e. The van der Waals surface area contributed by atoms with Crippen molar-refractivity contribution < 1.29 is 9.53 Å². The van der Waals surface area contributed by atoms with Gasteiger partial charge in [0, 0.05) is 11.8 Å². The minimum Gasteiger partial charge on any atom is -0.492 e. The van der Waals surface area contributed by atoms with Gasteiger partial charge in [0.15, 0.2) is 0 Å². The first-order chi connectivity index (χ1) is 12.6. The van der Waals surface area contributed by atoms with Crippen LogP contribution in [0.15, 0.2) is 53.9 Å². The van der Waals surface area contributed by atoms with Crippen LogP contribution >= 0.6 is 11.3 Å². The maximum Gasteiger partial charge on any atom is 0.230 e. The Hall–Kier alpha value is -2.66. The zero-order valence-corrected chi connectivity index (χ0v) is 15.8. The molecule has 0 unspecified atom stereocenters. The average molecular weight is 366 g/mol. The summed E-state index contributed by atoms with van der Waals surface area (Å²) in [6.07, 6.45) is 1.05. The van der Waals surface area contributed by atoms with Crippen molar-refractivity contribution >= 4 is 22.9 Å². The Morgan fingerprint density at radius 2 is 2.00 bits per heavy atom. The summed E-state index contributed by atoms with van der Waals surface area (Å²) >= 11 is 1.59. The Morgan fingerprint density at radius 3 is 2.77 bits per heavy atom. The molecule has 0 aliphatic rings. The number of hydrogen-bond donors (Lipinski definition) is 1. The van der Waals surface area contributed by atoms with Crippen LogP contribution in [0.25, 0.3) is 0 Å². The van der Waals surface area contributed by atoms with Crippen LogP contribution < -0.4 is 10.1 Å². The second-order valence-corrected chi connectivity index (χ2v) is 7.00. The minimum absolute atomic E-state index is 0.0913. The number of nitrogens with zero attached hydrogens (tertiary/aromatic N) is 1. The van der Waals surface area contributed by atoms with Crippen molar-refractivity contribution in [2.24, 2.45) is 0 Å². The maximum atomic E-state index is 12.4. The molecule has 5 heteroatoms. The molecule has 0 spiro atoms. The van der Waals surface area contributed by atoms with Gasteiger partial charge in [0.2, 0.25) is 5.91 Å². The number of amides is 1. The Kier molecular flexibility index (Phi) is 6.02. The van der Waals surface area contributed by atoms with E-state index in [4.69, 9.17) is 4.74 Å². The molecule has 0 radical (unpaired) electrons. The largest absolute Gasteiger partial charge is 0.492 e. The summed E-state index contributed by atoms with van der Waals surface area (Å²) < 4.78 is 5.61. The van der Waals surface area contributed by atoms with E-state index in [1.807, 2.05) is 55.6 Å². The third-order valence-electron chi connectivity index (χ3n) is 3.85. The molecule has 0 atom stereocenters. The van der Waals surface area contributed by atoms with E-state index in [9.17, 15) is 4.79 Å². The second kappa shape index (κ2) is 8.63. The molecule has 1 heterocycles. The minimum atomic E-state index is -0.0913. The third-order valence-corrected chi connectivity index (χ3v) is 4.75. The number of thiazole rings is 1. The van der Waals surface area contributed by atoms with Crippen molar-refractivity contribution in [2.75, 3.05) is 11.9 Å². The molecule has 0 fully saturated rings. The summed E-state index contributed by atoms with van der Waals surface area (Å²) in [5, 5.41) is 5.90. The maximum absolute atomic E-state index is 12.4. The Labute approximate surface area is 157 Å². The number of benzene rings is 2. The normalized spacial score (nSPS) is 10.5. The van der Waals surface area contributed by atoms with Crippen molar-refractivity contribution in [1.82, 2.24) is 4.98 Å².